The number of pyridine rings is 1. The van der Waals surface area contributed by atoms with E-state index in [9.17, 15) is 14.0 Å². The Balaban J connectivity index is 1.97. The fourth-order valence-corrected chi connectivity index (χ4v) is 3.39. The quantitative estimate of drug-likeness (QED) is 0.811. The molecule has 2 heterocycles. The molecule has 0 amide bonds. The van der Waals surface area contributed by atoms with Crippen molar-refractivity contribution in [1.29, 1.82) is 0 Å². The van der Waals surface area contributed by atoms with Crippen LogP contribution in [0.25, 0.3) is 10.9 Å². The Morgan fingerprint density at radius 1 is 1.27 bits per heavy atom. The summed E-state index contributed by atoms with van der Waals surface area (Å²) >= 11 is 0. The summed E-state index contributed by atoms with van der Waals surface area (Å²) in [5.41, 5.74) is -1.01. The standard InChI is InChI=1S/C17H17F2N3O4/c18-11-7-10-14(13(19)15(11)21-5-3-20-4-6-21)22(9-1-2-9)8-12(16(10)23)26-17(24)25/h7-9,20H,1-6H2,(H,24,25). The molecule has 1 aromatic heterocycles. The zero-order valence-corrected chi connectivity index (χ0v) is 13.8. The highest BCUT2D eigenvalue weighted by molar-refractivity contribution is 5.86. The second-order valence-electron chi connectivity index (χ2n) is 6.48. The van der Waals surface area contributed by atoms with E-state index < -0.39 is 29.0 Å². The van der Waals surface area contributed by atoms with Crippen molar-refractivity contribution < 1.29 is 23.4 Å². The van der Waals surface area contributed by atoms with Gasteiger partial charge in [0.05, 0.1) is 17.1 Å². The van der Waals surface area contributed by atoms with E-state index in [2.05, 4.69) is 10.1 Å². The number of hydrogen-bond donors (Lipinski definition) is 2. The SMILES string of the molecule is O=C(O)Oc1cn(C2CC2)c2c(F)c(N3CCNCC3)c(F)cc2c1=O. The van der Waals surface area contributed by atoms with Crippen LogP contribution >= 0.6 is 0 Å². The Kier molecular flexibility index (Phi) is 4.03. The Morgan fingerprint density at radius 3 is 2.58 bits per heavy atom. The summed E-state index contributed by atoms with van der Waals surface area (Å²) in [7, 11) is 0. The maximum Gasteiger partial charge on any atom is 0.511 e. The van der Waals surface area contributed by atoms with Crippen molar-refractivity contribution >= 4 is 22.7 Å². The molecule has 4 rings (SSSR count). The molecular weight excluding hydrogens is 348 g/mol. The summed E-state index contributed by atoms with van der Waals surface area (Å²) in [5.74, 6) is -2.10. The van der Waals surface area contributed by atoms with Gasteiger partial charge in [-0.15, -0.1) is 0 Å². The molecule has 2 N–H and O–H groups in total. The van der Waals surface area contributed by atoms with Crippen molar-refractivity contribution in [2.24, 2.45) is 0 Å². The third kappa shape index (κ3) is 2.78. The van der Waals surface area contributed by atoms with Gasteiger partial charge in [0.2, 0.25) is 5.43 Å². The van der Waals surface area contributed by atoms with Crippen molar-refractivity contribution in [1.82, 2.24) is 9.88 Å². The fraction of sp³-hybridized carbons (Fsp3) is 0.412. The second-order valence-corrected chi connectivity index (χ2v) is 6.48. The molecular formula is C17H17F2N3O4. The first-order valence-corrected chi connectivity index (χ1v) is 8.40. The minimum atomic E-state index is -1.65. The van der Waals surface area contributed by atoms with E-state index in [1.54, 1.807) is 4.90 Å². The minimum Gasteiger partial charge on any atom is -0.449 e. The summed E-state index contributed by atoms with van der Waals surface area (Å²) in [6, 6.07) is 0.913. The van der Waals surface area contributed by atoms with Gasteiger partial charge in [0.15, 0.2) is 11.6 Å². The lowest BCUT2D eigenvalue weighted by Gasteiger charge is -2.30. The van der Waals surface area contributed by atoms with Crippen LogP contribution in [0.15, 0.2) is 17.1 Å². The van der Waals surface area contributed by atoms with Crippen molar-refractivity contribution in [2.75, 3.05) is 31.1 Å². The van der Waals surface area contributed by atoms with Gasteiger partial charge in [-0.3, -0.25) is 4.79 Å². The van der Waals surface area contributed by atoms with Crippen LogP contribution in [0.1, 0.15) is 18.9 Å². The van der Waals surface area contributed by atoms with Gasteiger partial charge in [0.25, 0.3) is 0 Å². The maximum atomic E-state index is 15.3. The Labute approximate surface area is 146 Å². The lowest BCUT2D eigenvalue weighted by Crippen LogP contribution is -2.44. The Morgan fingerprint density at radius 2 is 1.96 bits per heavy atom. The number of hydrogen-bond acceptors (Lipinski definition) is 5. The molecule has 1 aromatic carbocycles. The number of ether oxygens (including phenoxy) is 1. The molecule has 1 saturated heterocycles. The lowest BCUT2D eigenvalue weighted by molar-refractivity contribution is 0.143. The van der Waals surface area contributed by atoms with E-state index in [1.807, 2.05) is 0 Å². The highest BCUT2D eigenvalue weighted by atomic mass is 19.1. The van der Waals surface area contributed by atoms with Crippen LogP contribution in [0.5, 0.6) is 5.75 Å². The molecule has 0 unspecified atom stereocenters. The summed E-state index contributed by atoms with van der Waals surface area (Å²) < 4.78 is 36.0. The number of carbonyl (C=O) groups is 1. The summed E-state index contributed by atoms with van der Waals surface area (Å²) in [6.45, 7) is 2.12. The average Bonchev–Trinajstić information content (AvgIpc) is 3.43. The number of anilines is 1. The number of rotatable bonds is 3. The Hall–Kier alpha value is -2.68. The number of piperazine rings is 1. The Bertz CT molecular complexity index is 949. The molecule has 1 saturated carbocycles. The van der Waals surface area contributed by atoms with Crippen LogP contribution < -0.4 is 20.4 Å². The number of benzene rings is 1. The van der Waals surface area contributed by atoms with Gasteiger partial charge >= 0.3 is 6.16 Å². The number of carboxylic acid groups (broad SMARTS) is 1. The predicted octanol–water partition coefficient (Wildman–Crippen LogP) is 2.08. The predicted molar refractivity (Wildman–Crippen MR) is 90.1 cm³/mol. The third-order valence-corrected chi connectivity index (χ3v) is 4.72. The fourth-order valence-electron chi connectivity index (χ4n) is 3.39. The van der Waals surface area contributed by atoms with Gasteiger partial charge in [-0.25, -0.2) is 13.6 Å². The molecule has 7 nitrogen and oxygen atoms in total. The van der Waals surface area contributed by atoms with Crippen LogP contribution in [-0.4, -0.2) is 42.0 Å². The first kappa shape index (κ1) is 16.8. The molecule has 2 aromatic rings. The largest absolute Gasteiger partial charge is 0.511 e. The molecule has 1 aliphatic carbocycles. The zero-order valence-electron chi connectivity index (χ0n) is 13.8. The second kappa shape index (κ2) is 6.24. The van der Waals surface area contributed by atoms with E-state index in [4.69, 9.17) is 5.11 Å². The van der Waals surface area contributed by atoms with Gasteiger partial charge in [-0.2, -0.15) is 0 Å². The zero-order chi connectivity index (χ0) is 18.4. The van der Waals surface area contributed by atoms with E-state index in [-0.39, 0.29) is 22.6 Å². The van der Waals surface area contributed by atoms with E-state index >= 15 is 4.39 Å². The normalized spacial score (nSPS) is 17.5. The van der Waals surface area contributed by atoms with Crippen LogP contribution in [0.3, 0.4) is 0 Å². The van der Waals surface area contributed by atoms with E-state index in [0.29, 0.717) is 26.2 Å². The molecule has 2 aliphatic rings. The van der Waals surface area contributed by atoms with Gasteiger partial charge in [0.1, 0.15) is 11.5 Å². The molecule has 0 bridgehead atoms. The average molecular weight is 365 g/mol. The number of nitrogens with one attached hydrogen (secondary N) is 1. The number of nitrogens with zero attached hydrogens (tertiary/aromatic N) is 2. The summed E-state index contributed by atoms with van der Waals surface area (Å²) in [6.07, 6.45) is 1.09. The van der Waals surface area contributed by atoms with Gasteiger partial charge in [0, 0.05) is 32.2 Å². The first-order valence-electron chi connectivity index (χ1n) is 8.40. The molecule has 0 spiro atoms. The van der Waals surface area contributed by atoms with Crippen molar-refractivity contribution in [3.05, 3.63) is 34.1 Å². The molecule has 0 radical (unpaired) electrons. The highest BCUT2D eigenvalue weighted by Crippen LogP contribution is 2.40. The van der Waals surface area contributed by atoms with Gasteiger partial charge < -0.3 is 24.6 Å². The van der Waals surface area contributed by atoms with Crippen LogP contribution in [0, 0.1) is 11.6 Å². The smallest absolute Gasteiger partial charge is 0.449 e. The van der Waals surface area contributed by atoms with Crippen LogP contribution in [-0.2, 0) is 0 Å². The van der Waals surface area contributed by atoms with Crippen LogP contribution in [0.2, 0.25) is 0 Å². The molecule has 1 aliphatic heterocycles. The van der Waals surface area contributed by atoms with Crippen molar-refractivity contribution in [3.8, 4) is 5.75 Å². The molecule has 138 valence electrons. The van der Waals surface area contributed by atoms with Crippen molar-refractivity contribution in [2.45, 2.75) is 18.9 Å². The first-order chi connectivity index (χ1) is 12.5. The number of fused-ring (bicyclic) bond motifs is 1. The van der Waals surface area contributed by atoms with E-state index in [0.717, 1.165) is 18.9 Å². The lowest BCUT2D eigenvalue weighted by atomic mass is 10.1. The number of aromatic nitrogens is 1. The molecule has 0 atom stereocenters. The topological polar surface area (TPSA) is 83.8 Å². The number of halogens is 2. The molecule has 2 fully saturated rings. The summed E-state index contributed by atoms with van der Waals surface area (Å²) in [4.78, 5) is 24.9. The van der Waals surface area contributed by atoms with Gasteiger partial charge in [-0.05, 0) is 18.9 Å². The monoisotopic (exact) mass is 365 g/mol. The van der Waals surface area contributed by atoms with Gasteiger partial charge in [-0.1, -0.05) is 0 Å². The summed E-state index contributed by atoms with van der Waals surface area (Å²) in [5, 5.41) is 11.7. The third-order valence-electron chi connectivity index (χ3n) is 4.72. The molecule has 26 heavy (non-hydrogen) atoms. The van der Waals surface area contributed by atoms with E-state index in [1.165, 1.54) is 10.8 Å². The highest BCUT2D eigenvalue weighted by Gasteiger charge is 2.30. The minimum absolute atomic E-state index is 0.00910. The van der Waals surface area contributed by atoms with Crippen molar-refractivity contribution in [3.63, 3.8) is 0 Å². The molecule has 9 heteroatoms. The van der Waals surface area contributed by atoms with Crippen LogP contribution in [0.4, 0.5) is 19.3 Å². The maximum absolute atomic E-state index is 15.3.